The molecular weight excluding hydrogens is 196 g/mol. The summed E-state index contributed by atoms with van der Waals surface area (Å²) < 4.78 is 0. The Morgan fingerprint density at radius 3 is 2.50 bits per heavy atom. The minimum absolute atomic E-state index is 0.356. The van der Waals surface area contributed by atoms with E-state index in [0.717, 1.165) is 12.2 Å². The third kappa shape index (κ3) is 1.52. The quantitative estimate of drug-likeness (QED) is 0.678. The summed E-state index contributed by atoms with van der Waals surface area (Å²) in [6.07, 6.45) is 0. The molecular formula is C14H12N2. The third-order valence-electron chi connectivity index (χ3n) is 2.96. The van der Waals surface area contributed by atoms with E-state index in [2.05, 4.69) is 46.6 Å². The SMILES string of the molecule is c1ccc(C2CN=Nc3ccccc32)cc1. The van der Waals surface area contributed by atoms with Crippen LogP contribution in [0.15, 0.2) is 64.8 Å². The van der Waals surface area contributed by atoms with Crippen LogP contribution in [0.4, 0.5) is 5.69 Å². The number of hydrogen-bond acceptors (Lipinski definition) is 2. The van der Waals surface area contributed by atoms with Crippen molar-refractivity contribution in [3.63, 3.8) is 0 Å². The molecule has 1 heterocycles. The van der Waals surface area contributed by atoms with E-state index in [0.29, 0.717) is 5.92 Å². The van der Waals surface area contributed by atoms with Crippen LogP contribution in [0.1, 0.15) is 17.0 Å². The van der Waals surface area contributed by atoms with Crippen molar-refractivity contribution in [1.82, 2.24) is 0 Å². The fourth-order valence-corrected chi connectivity index (χ4v) is 2.14. The zero-order valence-corrected chi connectivity index (χ0v) is 8.88. The molecule has 1 unspecified atom stereocenters. The summed E-state index contributed by atoms with van der Waals surface area (Å²) >= 11 is 0. The van der Waals surface area contributed by atoms with Gasteiger partial charge in [0, 0.05) is 5.92 Å². The molecule has 78 valence electrons. The predicted octanol–water partition coefficient (Wildman–Crippen LogP) is 3.92. The summed E-state index contributed by atoms with van der Waals surface area (Å²) in [5, 5.41) is 8.39. The van der Waals surface area contributed by atoms with Gasteiger partial charge in [-0.2, -0.15) is 10.2 Å². The Bertz CT molecular complexity index is 517. The lowest BCUT2D eigenvalue weighted by molar-refractivity contribution is 0.756. The van der Waals surface area contributed by atoms with E-state index in [-0.39, 0.29) is 0 Å². The molecule has 0 aliphatic carbocycles. The summed E-state index contributed by atoms with van der Waals surface area (Å²) in [5.41, 5.74) is 3.60. The molecule has 16 heavy (non-hydrogen) atoms. The molecule has 0 N–H and O–H groups in total. The van der Waals surface area contributed by atoms with E-state index in [1.807, 2.05) is 18.2 Å². The van der Waals surface area contributed by atoms with Crippen LogP contribution in [0.5, 0.6) is 0 Å². The lowest BCUT2D eigenvalue weighted by Crippen LogP contribution is -2.07. The standard InChI is InChI=1S/C14H12N2/c1-2-6-11(7-3-1)13-10-15-16-14-9-5-4-8-12(13)14/h1-9,13H,10H2. The second-order valence-corrected chi connectivity index (χ2v) is 3.95. The number of fused-ring (bicyclic) bond motifs is 1. The molecule has 1 atom stereocenters. The van der Waals surface area contributed by atoms with Gasteiger partial charge < -0.3 is 0 Å². The molecule has 0 aromatic heterocycles. The number of azo groups is 1. The highest BCUT2D eigenvalue weighted by Crippen LogP contribution is 2.35. The van der Waals surface area contributed by atoms with Gasteiger partial charge in [-0.15, -0.1) is 0 Å². The van der Waals surface area contributed by atoms with E-state index >= 15 is 0 Å². The highest BCUT2D eigenvalue weighted by molar-refractivity contribution is 5.51. The number of nitrogens with zero attached hydrogens (tertiary/aromatic N) is 2. The van der Waals surface area contributed by atoms with E-state index in [9.17, 15) is 0 Å². The molecule has 0 fully saturated rings. The van der Waals surface area contributed by atoms with Crippen molar-refractivity contribution in [3.8, 4) is 0 Å². The highest BCUT2D eigenvalue weighted by Gasteiger charge is 2.19. The fraction of sp³-hybridized carbons (Fsp3) is 0.143. The summed E-state index contributed by atoms with van der Waals surface area (Å²) in [4.78, 5) is 0. The van der Waals surface area contributed by atoms with Crippen molar-refractivity contribution in [2.75, 3.05) is 6.54 Å². The number of rotatable bonds is 1. The number of benzene rings is 2. The summed E-state index contributed by atoms with van der Waals surface area (Å²) in [5.74, 6) is 0.356. The normalized spacial score (nSPS) is 18.1. The second-order valence-electron chi connectivity index (χ2n) is 3.95. The molecule has 2 aromatic carbocycles. The molecule has 0 spiro atoms. The Morgan fingerprint density at radius 1 is 0.875 bits per heavy atom. The van der Waals surface area contributed by atoms with Gasteiger partial charge in [-0.25, -0.2) is 0 Å². The average molecular weight is 208 g/mol. The van der Waals surface area contributed by atoms with Crippen molar-refractivity contribution in [2.45, 2.75) is 5.92 Å². The molecule has 0 amide bonds. The Hall–Kier alpha value is -1.96. The minimum atomic E-state index is 0.356. The van der Waals surface area contributed by atoms with Gasteiger partial charge in [0.2, 0.25) is 0 Å². The Labute approximate surface area is 94.7 Å². The van der Waals surface area contributed by atoms with Crippen molar-refractivity contribution in [1.29, 1.82) is 0 Å². The van der Waals surface area contributed by atoms with Crippen LogP contribution in [-0.4, -0.2) is 6.54 Å². The van der Waals surface area contributed by atoms with Gasteiger partial charge in [-0.05, 0) is 17.2 Å². The topological polar surface area (TPSA) is 24.7 Å². The Kier molecular flexibility index (Phi) is 2.26. The highest BCUT2D eigenvalue weighted by atomic mass is 15.1. The van der Waals surface area contributed by atoms with Crippen LogP contribution in [0, 0.1) is 0 Å². The van der Waals surface area contributed by atoms with Gasteiger partial charge in [-0.1, -0.05) is 48.5 Å². The fourth-order valence-electron chi connectivity index (χ4n) is 2.14. The van der Waals surface area contributed by atoms with Crippen LogP contribution < -0.4 is 0 Å². The maximum atomic E-state index is 4.20. The Morgan fingerprint density at radius 2 is 1.62 bits per heavy atom. The smallest absolute Gasteiger partial charge is 0.0891 e. The van der Waals surface area contributed by atoms with Crippen LogP contribution in [0.2, 0.25) is 0 Å². The first-order valence-electron chi connectivity index (χ1n) is 5.46. The monoisotopic (exact) mass is 208 g/mol. The maximum Gasteiger partial charge on any atom is 0.0891 e. The van der Waals surface area contributed by atoms with Crippen LogP contribution in [0.25, 0.3) is 0 Å². The van der Waals surface area contributed by atoms with E-state index in [1.54, 1.807) is 0 Å². The first kappa shape index (κ1) is 9.28. The van der Waals surface area contributed by atoms with Crippen molar-refractivity contribution < 1.29 is 0 Å². The average Bonchev–Trinajstić information content (AvgIpc) is 2.39. The Balaban J connectivity index is 2.09. The van der Waals surface area contributed by atoms with Crippen molar-refractivity contribution >= 4 is 5.69 Å². The zero-order valence-electron chi connectivity index (χ0n) is 8.88. The molecule has 0 saturated heterocycles. The molecule has 0 bridgehead atoms. The van der Waals surface area contributed by atoms with Gasteiger partial charge in [-0.3, -0.25) is 0 Å². The summed E-state index contributed by atoms with van der Waals surface area (Å²) in [6.45, 7) is 0.751. The van der Waals surface area contributed by atoms with Gasteiger partial charge in [0.25, 0.3) is 0 Å². The first-order chi connectivity index (χ1) is 7.95. The lowest BCUT2D eigenvalue weighted by atomic mass is 9.90. The third-order valence-corrected chi connectivity index (χ3v) is 2.96. The largest absolute Gasteiger partial charge is 0.188 e. The van der Waals surface area contributed by atoms with Crippen LogP contribution >= 0.6 is 0 Å². The number of hydrogen-bond donors (Lipinski definition) is 0. The molecule has 0 saturated carbocycles. The maximum absolute atomic E-state index is 4.20. The molecule has 3 rings (SSSR count). The summed E-state index contributed by atoms with van der Waals surface area (Å²) in [6, 6.07) is 18.7. The first-order valence-corrected chi connectivity index (χ1v) is 5.46. The van der Waals surface area contributed by atoms with E-state index < -0.39 is 0 Å². The molecule has 1 aliphatic heterocycles. The van der Waals surface area contributed by atoms with Crippen molar-refractivity contribution in [2.24, 2.45) is 10.2 Å². The predicted molar refractivity (Wildman–Crippen MR) is 64.1 cm³/mol. The summed E-state index contributed by atoms with van der Waals surface area (Å²) in [7, 11) is 0. The van der Waals surface area contributed by atoms with Crippen LogP contribution in [0.3, 0.4) is 0 Å². The van der Waals surface area contributed by atoms with Gasteiger partial charge in [0.1, 0.15) is 0 Å². The van der Waals surface area contributed by atoms with Gasteiger partial charge in [0.05, 0.1) is 12.2 Å². The van der Waals surface area contributed by atoms with Gasteiger partial charge >= 0.3 is 0 Å². The van der Waals surface area contributed by atoms with Gasteiger partial charge in [0.15, 0.2) is 0 Å². The van der Waals surface area contributed by atoms with E-state index in [4.69, 9.17) is 0 Å². The zero-order chi connectivity index (χ0) is 10.8. The second kappa shape index (κ2) is 3.89. The van der Waals surface area contributed by atoms with Crippen molar-refractivity contribution in [3.05, 3.63) is 65.7 Å². The molecule has 2 aromatic rings. The molecule has 0 radical (unpaired) electrons. The van der Waals surface area contributed by atoms with E-state index in [1.165, 1.54) is 11.1 Å². The lowest BCUT2D eigenvalue weighted by Gasteiger charge is -2.20. The minimum Gasteiger partial charge on any atom is -0.188 e. The molecule has 2 nitrogen and oxygen atoms in total. The molecule has 2 heteroatoms. The van der Waals surface area contributed by atoms with Crippen LogP contribution in [-0.2, 0) is 0 Å². The molecule has 1 aliphatic rings.